The highest BCUT2D eigenvalue weighted by Gasteiger charge is 1.92. The van der Waals surface area contributed by atoms with Crippen LogP contribution in [0, 0.1) is 0 Å². The molecule has 0 unspecified atom stereocenters. The molecule has 0 saturated heterocycles. The Hall–Kier alpha value is -1.71. The van der Waals surface area contributed by atoms with Gasteiger partial charge in [-0.3, -0.25) is 0 Å². The summed E-state index contributed by atoms with van der Waals surface area (Å²) in [6.07, 6.45) is 6.71. The zero-order valence-electron chi connectivity index (χ0n) is 10.2. The number of rotatable bonds is 6. The summed E-state index contributed by atoms with van der Waals surface area (Å²) in [6, 6.07) is 0. The van der Waals surface area contributed by atoms with Crippen molar-refractivity contribution in [2.75, 3.05) is 20.8 Å². The molecule has 0 radical (unpaired) electrons. The quantitative estimate of drug-likeness (QED) is 0.324. The van der Waals surface area contributed by atoms with Crippen molar-refractivity contribution >= 4 is 5.97 Å². The molecule has 16 heavy (non-hydrogen) atoms. The highest BCUT2D eigenvalue weighted by Crippen LogP contribution is 1.98. The van der Waals surface area contributed by atoms with E-state index in [4.69, 9.17) is 9.47 Å². The van der Waals surface area contributed by atoms with Gasteiger partial charge in [-0.2, -0.15) is 0 Å². The summed E-state index contributed by atoms with van der Waals surface area (Å²) in [5.74, 6) is 0.323. The molecule has 0 bridgehead atoms. The van der Waals surface area contributed by atoms with E-state index >= 15 is 0 Å². The Morgan fingerprint density at radius 2 is 2.00 bits per heavy atom. The third-order valence-electron chi connectivity index (χ3n) is 1.73. The molecule has 0 saturated carbocycles. The van der Waals surface area contributed by atoms with Gasteiger partial charge in [-0.15, -0.1) is 0 Å². The van der Waals surface area contributed by atoms with Gasteiger partial charge in [0.15, 0.2) is 5.88 Å². The third kappa shape index (κ3) is 6.70. The van der Waals surface area contributed by atoms with Gasteiger partial charge in [-0.05, 0) is 19.9 Å². The summed E-state index contributed by atoms with van der Waals surface area (Å²) in [4.78, 5) is 11.0. The van der Waals surface area contributed by atoms with E-state index < -0.39 is 0 Å². The van der Waals surface area contributed by atoms with Crippen molar-refractivity contribution in [2.45, 2.75) is 13.8 Å². The Bertz CT molecular complexity index is 297. The van der Waals surface area contributed by atoms with Crippen LogP contribution in [-0.4, -0.2) is 26.7 Å². The Labute approximate surface area is 96.6 Å². The van der Waals surface area contributed by atoms with Crippen LogP contribution >= 0.6 is 0 Å². The van der Waals surface area contributed by atoms with Gasteiger partial charge in [0.1, 0.15) is 0 Å². The van der Waals surface area contributed by atoms with Crippen molar-refractivity contribution in [2.24, 2.45) is 0 Å². The normalized spacial score (nSPS) is 12.8. The lowest BCUT2D eigenvalue weighted by Gasteiger charge is -2.02. The summed E-state index contributed by atoms with van der Waals surface area (Å²) in [5.41, 5.74) is 0.929. The molecule has 4 nitrogen and oxygen atoms in total. The maximum absolute atomic E-state index is 11.0. The van der Waals surface area contributed by atoms with Crippen molar-refractivity contribution in [3.05, 3.63) is 35.8 Å². The zero-order chi connectivity index (χ0) is 12.4. The van der Waals surface area contributed by atoms with Gasteiger partial charge in [0.2, 0.25) is 0 Å². The average molecular weight is 225 g/mol. The van der Waals surface area contributed by atoms with Crippen LogP contribution in [0.15, 0.2) is 35.8 Å². The molecule has 0 aliphatic rings. The molecule has 90 valence electrons. The van der Waals surface area contributed by atoms with E-state index in [1.807, 2.05) is 13.0 Å². The molecule has 4 heteroatoms. The highest BCUT2D eigenvalue weighted by molar-refractivity contribution is 5.82. The van der Waals surface area contributed by atoms with Crippen molar-refractivity contribution < 1.29 is 14.3 Å². The van der Waals surface area contributed by atoms with Crippen molar-refractivity contribution in [3.8, 4) is 0 Å². The maximum Gasteiger partial charge on any atom is 0.330 e. The minimum Gasteiger partial charge on any atom is -0.483 e. The van der Waals surface area contributed by atoms with Gasteiger partial charge in [0.05, 0.1) is 13.7 Å². The minimum absolute atomic E-state index is 0.334. The molecule has 0 rings (SSSR count). The number of hydrogen-bond donors (Lipinski definition) is 1. The lowest BCUT2D eigenvalue weighted by molar-refractivity contribution is -0.137. The molecular weight excluding hydrogens is 206 g/mol. The number of carbonyl (C=O) groups excluding carboxylic acids is 1. The molecule has 0 fully saturated rings. The first kappa shape index (κ1) is 14.3. The van der Waals surface area contributed by atoms with Crippen LogP contribution in [0.5, 0.6) is 0 Å². The van der Waals surface area contributed by atoms with Crippen LogP contribution in [0.2, 0.25) is 0 Å². The van der Waals surface area contributed by atoms with Crippen molar-refractivity contribution in [3.63, 3.8) is 0 Å². The molecule has 0 heterocycles. The molecule has 0 aliphatic carbocycles. The van der Waals surface area contributed by atoms with E-state index in [1.165, 1.54) is 6.08 Å². The number of esters is 1. The predicted octanol–water partition coefficient (Wildman–Crippen LogP) is 1.76. The molecule has 0 aliphatic heterocycles. The number of nitrogens with one attached hydrogen (secondary N) is 1. The number of ether oxygens (including phenoxy) is 2. The minimum atomic E-state index is -0.334. The van der Waals surface area contributed by atoms with Crippen molar-refractivity contribution in [1.82, 2.24) is 5.32 Å². The number of methoxy groups -OCH3 is 1. The first-order chi connectivity index (χ1) is 7.63. The van der Waals surface area contributed by atoms with Gasteiger partial charge in [0, 0.05) is 13.1 Å². The number of allylic oxidation sites excluding steroid dienone is 4. The standard InChI is InChI=1S/C12H19NO3/c1-5-16-12(14)9-7-10(2)6-8-11(13-3)15-4/h6-9,13H,5H2,1-4H3/b9-7+,10-6+,11-8+. The van der Waals surface area contributed by atoms with Gasteiger partial charge in [0.25, 0.3) is 0 Å². The zero-order valence-corrected chi connectivity index (χ0v) is 10.2. The number of carbonyl (C=O) groups is 1. The van der Waals surface area contributed by atoms with Crippen LogP contribution in [0.4, 0.5) is 0 Å². The van der Waals surface area contributed by atoms with Crippen molar-refractivity contribution in [1.29, 1.82) is 0 Å². The van der Waals surface area contributed by atoms with E-state index in [9.17, 15) is 4.79 Å². The molecule has 0 spiro atoms. The highest BCUT2D eigenvalue weighted by atomic mass is 16.5. The second-order valence-electron chi connectivity index (χ2n) is 2.98. The lowest BCUT2D eigenvalue weighted by atomic mass is 10.2. The first-order valence-corrected chi connectivity index (χ1v) is 5.09. The first-order valence-electron chi connectivity index (χ1n) is 5.09. The summed E-state index contributed by atoms with van der Waals surface area (Å²) < 4.78 is 9.76. The average Bonchev–Trinajstić information content (AvgIpc) is 2.28. The lowest BCUT2D eigenvalue weighted by Crippen LogP contribution is -2.06. The Morgan fingerprint density at radius 3 is 2.50 bits per heavy atom. The predicted molar refractivity (Wildman–Crippen MR) is 63.7 cm³/mol. The molecule has 0 aromatic rings. The molecular formula is C12H19NO3. The Balaban J connectivity index is 4.34. The maximum atomic E-state index is 11.0. The fraction of sp³-hybridized carbons (Fsp3) is 0.417. The second kappa shape index (κ2) is 8.59. The van der Waals surface area contributed by atoms with E-state index in [2.05, 4.69) is 5.32 Å². The van der Waals surface area contributed by atoms with Crippen LogP contribution in [0.1, 0.15) is 13.8 Å². The summed E-state index contributed by atoms with van der Waals surface area (Å²) >= 11 is 0. The molecule has 1 N–H and O–H groups in total. The van der Waals surface area contributed by atoms with E-state index in [1.54, 1.807) is 33.2 Å². The number of hydrogen-bond acceptors (Lipinski definition) is 4. The molecule has 0 aromatic heterocycles. The fourth-order valence-corrected chi connectivity index (χ4v) is 0.906. The molecule has 0 aromatic carbocycles. The van der Waals surface area contributed by atoms with E-state index in [0.717, 1.165) is 5.57 Å². The van der Waals surface area contributed by atoms with Crippen LogP contribution in [0.25, 0.3) is 0 Å². The largest absolute Gasteiger partial charge is 0.483 e. The fourth-order valence-electron chi connectivity index (χ4n) is 0.906. The summed E-state index contributed by atoms with van der Waals surface area (Å²) in [5, 5.41) is 2.87. The monoisotopic (exact) mass is 225 g/mol. The second-order valence-corrected chi connectivity index (χ2v) is 2.98. The summed E-state index contributed by atoms with van der Waals surface area (Å²) in [6.45, 7) is 4.05. The molecule has 0 amide bonds. The summed E-state index contributed by atoms with van der Waals surface area (Å²) in [7, 11) is 3.35. The van der Waals surface area contributed by atoms with E-state index in [0.29, 0.717) is 12.5 Å². The van der Waals surface area contributed by atoms with Crippen LogP contribution in [-0.2, 0) is 14.3 Å². The Kier molecular flexibility index (Phi) is 7.67. The van der Waals surface area contributed by atoms with Crippen LogP contribution in [0.3, 0.4) is 0 Å². The van der Waals surface area contributed by atoms with Crippen LogP contribution < -0.4 is 5.32 Å². The topological polar surface area (TPSA) is 47.6 Å². The SMILES string of the molecule is CCOC(=O)/C=C/C(C)=C/C=C(\NC)OC. The van der Waals surface area contributed by atoms with Gasteiger partial charge >= 0.3 is 5.97 Å². The van der Waals surface area contributed by atoms with Gasteiger partial charge < -0.3 is 14.8 Å². The molecule has 0 atom stereocenters. The smallest absolute Gasteiger partial charge is 0.330 e. The Morgan fingerprint density at radius 1 is 1.31 bits per heavy atom. The third-order valence-corrected chi connectivity index (χ3v) is 1.73. The van der Waals surface area contributed by atoms with Gasteiger partial charge in [-0.1, -0.05) is 17.7 Å². The van der Waals surface area contributed by atoms with E-state index in [-0.39, 0.29) is 5.97 Å². The van der Waals surface area contributed by atoms with Gasteiger partial charge in [-0.25, -0.2) is 4.79 Å².